The van der Waals surface area contributed by atoms with E-state index >= 15 is 0 Å². The fraction of sp³-hybridized carbons (Fsp3) is 0.350. The number of aromatic nitrogens is 2. The first-order chi connectivity index (χ1) is 12.1. The number of nitrogens with zero attached hydrogens (tertiary/aromatic N) is 2. The minimum atomic E-state index is -0.454. The molecule has 25 heavy (non-hydrogen) atoms. The molecule has 3 rings (SSSR count). The van der Waals surface area contributed by atoms with Gasteiger partial charge in [-0.2, -0.15) is 0 Å². The Morgan fingerprint density at radius 1 is 1.04 bits per heavy atom. The predicted octanol–water partition coefficient (Wildman–Crippen LogP) is 6.28. The Morgan fingerprint density at radius 3 is 2.64 bits per heavy atom. The summed E-state index contributed by atoms with van der Waals surface area (Å²) >= 11 is 1.80. The molecule has 0 spiro atoms. The fourth-order valence-corrected chi connectivity index (χ4v) is 3.63. The molecular formula is C20H22F2N2S. The van der Waals surface area contributed by atoms with Crippen LogP contribution in [0.4, 0.5) is 8.78 Å². The van der Waals surface area contributed by atoms with Crippen LogP contribution < -0.4 is 0 Å². The number of unbranched alkanes of at least 4 members (excludes halogenated alkanes) is 1. The van der Waals surface area contributed by atoms with Crippen LogP contribution in [-0.2, 0) is 6.54 Å². The Bertz CT molecular complexity index is 874. The molecule has 1 aromatic heterocycles. The van der Waals surface area contributed by atoms with Gasteiger partial charge in [0.25, 0.3) is 0 Å². The van der Waals surface area contributed by atoms with Crippen LogP contribution in [0.3, 0.4) is 0 Å². The smallest absolute Gasteiger partial charge is 0.144 e. The van der Waals surface area contributed by atoms with Crippen molar-refractivity contribution in [2.75, 3.05) is 5.75 Å². The zero-order valence-corrected chi connectivity index (χ0v) is 15.4. The largest absolute Gasteiger partial charge is 0.324 e. The molecule has 0 N–H and O–H groups in total. The molecular weight excluding hydrogens is 338 g/mol. The van der Waals surface area contributed by atoms with Crippen LogP contribution >= 0.6 is 11.8 Å². The monoisotopic (exact) mass is 360 g/mol. The first-order valence-corrected chi connectivity index (χ1v) is 9.71. The third kappa shape index (κ3) is 3.87. The Morgan fingerprint density at radius 2 is 1.88 bits per heavy atom. The van der Waals surface area contributed by atoms with Gasteiger partial charge in [-0.25, -0.2) is 13.8 Å². The maximum atomic E-state index is 14.3. The highest BCUT2D eigenvalue weighted by Crippen LogP contribution is 2.30. The Balaban J connectivity index is 2.15. The summed E-state index contributed by atoms with van der Waals surface area (Å²) in [7, 11) is 0. The highest BCUT2D eigenvalue weighted by molar-refractivity contribution is 7.99. The maximum Gasteiger partial charge on any atom is 0.144 e. The highest BCUT2D eigenvalue weighted by atomic mass is 32.2. The number of rotatable bonds is 7. The van der Waals surface area contributed by atoms with E-state index in [1.165, 1.54) is 11.0 Å². The van der Waals surface area contributed by atoms with Crippen molar-refractivity contribution in [3.63, 3.8) is 0 Å². The van der Waals surface area contributed by atoms with E-state index in [2.05, 4.69) is 24.9 Å². The highest BCUT2D eigenvalue weighted by Gasteiger charge is 2.17. The summed E-state index contributed by atoms with van der Waals surface area (Å²) in [5.74, 6) is 0.651. The lowest BCUT2D eigenvalue weighted by atomic mass is 10.2. The second kappa shape index (κ2) is 8.00. The Kier molecular flexibility index (Phi) is 5.74. The summed E-state index contributed by atoms with van der Waals surface area (Å²) in [5.41, 5.74) is 2.01. The quantitative estimate of drug-likeness (QED) is 0.461. The molecule has 0 radical (unpaired) electrons. The maximum absolute atomic E-state index is 14.3. The SMILES string of the molecule is CCCCn1c(-c2cc(F)ccc2F)nc2ccc(SCCC)cc21. The second-order valence-electron chi connectivity index (χ2n) is 6.06. The van der Waals surface area contributed by atoms with Crippen molar-refractivity contribution in [1.82, 2.24) is 9.55 Å². The van der Waals surface area contributed by atoms with E-state index in [1.807, 2.05) is 16.7 Å². The molecule has 0 bridgehead atoms. The first kappa shape index (κ1) is 17.9. The summed E-state index contributed by atoms with van der Waals surface area (Å²) < 4.78 is 30.0. The number of hydrogen-bond donors (Lipinski definition) is 0. The van der Waals surface area contributed by atoms with E-state index in [1.54, 1.807) is 11.8 Å². The lowest BCUT2D eigenvalue weighted by molar-refractivity contribution is 0.597. The molecule has 2 nitrogen and oxygen atoms in total. The summed E-state index contributed by atoms with van der Waals surface area (Å²) in [5, 5.41) is 0. The third-order valence-electron chi connectivity index (χ3n) is 4.10. The van der Waals surface area contributed by atoms with Crippen molar-refractivity contribution in [2.45, 2.75) is 44.6 Å². The van der Waals surface area contributed by atoms with Crippen molar-refractivity contribution in [1.29, 1.82) is 0 Å². The van der Waals surface area contributed by atoms with Crippen molar-refractivity contribution in [3.05, 3.63) is 48.0 Å². The van der Waals surface area contributed by atoms with E-state index in [0.29, 0.717) is 5.82 Å². The molecule has 5 heteroatoms. The zero-order valence-electron chi connectivity index (χ0n) is 14.6. The van der Waals surface area contributed by atoms with Crippen LogP contribution in [0.1, 0.15) is 33.1 Å². The molecule has 2 aromatic carbocycles. The summed E-state index contributed by atoms with van der Waals surface area (Å²) in [4.78, 5) is 5.79. The van der Waals surface area contributed by atoms with Gasteiger partial charge >= 0.3 is 0 Å². The Hall–Kier alpha value is -1.88. The van der Waals surface area contributed by atoms with Crippen molar-refractivity contribution >= 4 is 22.8 Å². The molecule has 0 saturated carbocycles. The van der Waals surface area contributed by atoms with Crippen LogP contribution in [-0.4, -0.2) is 15.3 Å². The number of hydrogen-bond acceptors (Lipinski definition) is 2. The number of thioether (sulfide) groups is 1. The number of benzene rings is 2. The van der Waals surface area contributed by atoms with Gasteiger partial charge in [-0.15, -0.1) is 11.8 Å². The molecule has 3 aromatic rings. The van der Waals surface area contributed by atoms with E-state index in [4.69, 9.17) is 0 Å². The Labute approximate surface area is 151 Å². The van der Waals surface area contributed by atoms with E-state index in [9.17, 15) is 8.78 Å². The van der Waals surface area contributed by atoms with Gasteiger partial charge in [0, 0.05) is 11.4 Å². The number of aryl methyl sites for hydroxylation is 1. The molecule has 0 aliphatic carbocycles. The molecule has 0 aliphatic heterocycles. The number of imidazole rings is 1. The first-order valence-electron chi connectivity index (χ1n) is 8.72. The average molecular weight is 360 g/mol. The van der Waals surface area contributed by atoms with Gasteiger partial charge in [0.05, 0.1) is 16.6 Å². The minimum Gasteiger partial charge on any atom is -0.324 e. The zero-order chi connectivity index (χ0) is 17.8. The molecule has 0 unspecified atom stereocenters. The van der Waals surface area contributed by atoms with Crippen LogP contribution in [0.25, 0.3) is 22.4 Å². The van der Waals surface area contributed by atoms with Crippen LogP contribution in [0.15, 0.2) is 41.3 Å². The lowest BCUT2D eigenvalue weighted by Crippen LogP contribution is -2.02. The normalized spacial score (nSPS) is 11.4. The van der Waals surface area contributed by atoms with Crippen LogP contribution in [0, 0.1) is 11.6 Å². The van der Waals surface area contributed by atoms with Crippen molar-refractivity contribution in [2.24, 2.45) is 0 Å². The topological polar surface area (TPSA) is 17.8 Å². The van der Waals surface area contributed by atoms with E-state index in [-0.39, 0.29) is 5.56 Å². The predicted molar refractivity (Wildman–Crippen MR) is 101 cm³/mol. The molecule has 0 amide bonds. The fourth-order valence-electron chi connectivity index (χ4n) is 2.83. The minimum absolute atomic E-state index is 0.218. The molecule has 0 saturated heterocycles. The molecule has 0 fully saturated rings. The van der Waals surface area contributed by atoms with E-state index in [0.717, 1.165) is 54.7 Å². The summed E-state index contributed by atoms with van der Waals surface area (Å²) in [6, 6.07) is 9.65. The van der Waals surface area contributed by atoms with Gasteiger partial charge in [-0.3, -0.25) is 0 Å². The third-order valence-corrected chi connectivity index (χ3v) is 5.30. The molecule has 1 heterocycles. The molecule has 0 aliphatic rings. The van der Waals surface area contributed by atoms with Crippen molar-refractivity contribution < 1.29 is 8.78 Å². The summed E-state index contributed by atoms with van der Waals surface area (Å²) in [6.07, 6.45) is 3.09. The van der Waals surface area contributed by atoms with Gasteiger partial charge < -0.3 is 4.57 Å². The lowest BCUT2D eigenvalue weighted by Gasteiger charge is -2.10. The molecule has 0 atom stereocenters. The van der Waals surface area contributed by atoms with Gasteiger partial charge in [-0.05, 0) is 55.0 Å². The standard InChI is InChI=1S/C20H22F2N2S/c1-3-5-10-24-19-13-15(25-11-4-2)7-9-18(19)23-20(24)16-12-14(21)6-8-17(16)22/h6-9,12-13H,3-5,10-11H2,1-2H3. The second-order valence-corrected chi connectivity index (χ2v) is 7.23. The number of fused-ring (bicyclic) bond motifs is 1. The molecule has 132 valence electrons. The number of halogens is 2. The van der Waals surface area contributed by atoms with Gasteiger partial charge in [0.1, 0.15) is 17.5 Å². The van der Waals surface area contributed by atoms with Crippen LogP contribution in [0.5, 0.6) is 0 Å². The average Bonchev–Trinajstić information content (AvgIpc) is 2.97. The van der Waals surface area contributed by atoms with E-state index < -0.39 is 11.6 Å². The van der Waals surface area contributed by atoms with Crippen LogP contribution in [0.2, 0.25) is 0 Å². The summed E-state index contributed by atoms with van der Waals surface area (Å²) in [6.45, 7) is 5.01. The van der Waals surface area contributed by atoms with Crippen molar-refractivity contribution in [3.8, 4) is 11.4 Å². The van der Waals surface area contributed by atoms with Gasteiger partial charge in [-0.1, -0.05) is 20.3 Å². The van der Waals surface area contributed by atoms with Gasteiger partial charge in [0.15, 0.2) is 0 Å². The van der Waals surface area contributed by atoms with Gasteiger partial charge in [0.2, 0.25) is 0 Å².